The zero-order chi connectivity index (χ0) is 13.8. The summed E-state index contributed by atoms with van der Waals surface area (Å²) in [5.74, 6) is 0.00253. The van der Waals surface area contributed by atoms with Crippen molar-refractivity contribution < 1.29 is 14.6 Å². The molecular weight excluding hydrogens is 357 g/mol. The summed E-state index contributed by atoms with van der Waals surface area (Å²) in [7, 11) is 1.46. The minimum Gasteiger partial charge on any atom is -0.504 e. The number of anilines is 1. The van der Waals surface area contributed by atoms with Crippen LogP contribution in [0.5, 0.6) is 11.5 Å². The molecule has 5 heteroatoms. The smallest absolute Gasteiger partial charge is 0.255 e. The fraction of sp³-hybridized carbons (Fsp3) is 0.0714. The molecule has 0 bridgehead atoms. The minimum absolute atomic E-state index is 0.0576. The zero-order valence-corrected chi connectivity index (χ0v) is 12.3. The highest BCUT2D eigenvalue weighted by atomic mass is 127. The second-order valence-corrected chi connectivity index (χ2v) is 5.09. The fourth-order valence-electron chi connectivity index (χ4n) is 1.57. The van der Waals surface area contributed by atoms with Crippen molar-refractivity contribution in [1.29, 1.82) is 0 Å². The van der Waals surface area contributed by atoms with Crippen LogP contribution in [0.4, 0.5) is 5.69 Å². The van der Waals surface area contributed by atoms with Gasteiger partial charge in [-0.25, -0.2) is 0 Å². The van der Waals surface area contributed by atoms with Gasteiger partial charge in [-0.2, -0.15) is 0 Å². The molecule has 0 atom stereocenters. The lowest BCUT2D eigenvalue weighted by Gasteiger charge is -2.07. The maximum absolute atomic E-state index is 12.0. The lowest BCUT2D eigenvalue weighted by atomic mass is 10.2. The fourth-order valence-corrected chi connectivity index (χ4v) is 1.93. The Hall–Kier alpha value is -1.76. The molecule has 19 heavy (non-hydrogen) atoms. The van der Waals surface area contributed by atoms with E-state index in [0.717, 1.165) is 3.57 Å². The van der Waals surface area contributed by atoms with E-state index < -0.39 is 0 Å². The van der Waals surface area contributed by atoms with E-state index in [1.165, 1.54) is 13.2 Å². The highest BCUT2D eigenvalue weighted by molar-refractivity contribution is 14.1. The molecule has 0 aliphatic carbocycles. The minimum atomic E-state index is -0.279. The van der Waals surface area contributed by atoms with Gasteiger partial charge in [-0.1, -0.05) is 0 Å². The number of benzene rings is 2. The van der Waals surface area contributed by atoms with Crippen molar-refractivity contribution in [1.82, 2.24) is 0 Å². The van der Waals surface area contributed by atoms with E-state index in [4.69, 9.17) is 4.74 Å². The second kappa shape index (κ2) is 5.92. The molecule has 2 aromatic rings. The molecule has 0 spiro atoms. The van der Waals surface area contributed by atoms with Crippen LogP contribution >= 0.6 is 22.6 Å². The monoisotopic (exact) mass is 369 g/mol. The van der Waals surface area contributed by atoms with E-state index in [1.807, 2.05) is 24.3 Å². The zero-order valence-electron chi connectivity index (χ0n) is 10.2. The summed E-state index contributed by atoms with van der Waals surface area (Å²) in [4.78, 5) is 12.0. The van der Waals surface area contributed by atoms with Gasteiger partial charge < -0.3 is 15.2 Å². The van der Waals surface area contributed by atoms with Gasteiger partial charge in [-0.15, -0.1) is 0 Å². The number of nitrogens with one attached hydrogen (secondary N) is 1. The lowest BCUT2D eigenvalue weighted by molar-refractivity contribution is 0.102. The summed E-state index contributed by atoms with van der Waals surface area (Å²) in [6, 6.07) is 12.0. The van der Waals surface area contributed by atoms with Crippen molar-refractivity contribution in [3.05, 3.63) is 51.6 Å². The standard InChI is InChI=1S/C14H12INO3/c1-19-13-7-2-9(8-12(13)17)14(18)16-11-5-3-10(15)4-6-11/h2-8,17H,1H3,(H,16,18). The molecule has 0 unspecified atom stereocenters. The SMILES string of the molecule is COc1ccc(C(=O)Nc2ccc(I)cc2)cc1O. The number of ether oxygens (including phenoxy) is 1. The molecule has 0 fully saturated rings. The van der Waals surface area contributed by atoms with Gasteiger partial charge in [0.1, 0.15) is 0 Å². The number of phenolic OH excluding ortho intramolecular Hbond substituents is 1. The molecule has 0 saturated carbocycles. The average Bonchev–Trinajstić information content (AvgIpc) is 2.41. The Labute approximate surface area is 124 Å². The molecule has 0 heterocycles. The maximum atomic E-state index is 12.0. The van der Waals surface area contributed by atoms with Gasteiger partial charge in [-0.3, -0.25) is 4.79 Å². The van der Waals surface area contributed by atoms with Crippen LogP contribution in [0, 0.1) is 3.57 Å². The van der Waals surface area contributed by atoms with Crippen molar-refractivity contribution in [3.8, 4) is 11.5 Å². The number of hydrogen-bond donors (Lipinski definition) is 2. The number of hydrogen-bond acceptors (Lipinski definition) is 3. The molecule has 2 N–H and O–H groups in total. The molecule has 0 saturated heterocycles. The number of rotatable bonds is 3. The molecule has 0 aliphatic heterocycles. The van der Waals surface area contributed by atoms with E-state index in [0.29, 0.717) is 17.0 Å². The molecule has 0 aromatic heterocycles. The van der Waals surface area contributed by atoms with E-state index in [-0.39, 0.29) is 11.7 Å². The highest BCUT2D eigenvalue weighted by Gasteiger charge is 2.09. The van der Waals surface area contributed by atoms with Crippen LogP contribution in [0.3, 0.4) is 0 Å². The van der Waals surface area contributed by atoms with Gasteiger partial charge in [0.25, 0.3) is 5.91 Å². The summed E-state index contributed by atoms with van der Waals surface area (Å²) in [6.45, 7) is 0. The first kappa shape index (κ1) is 13.7. The number of amides is 1. The van der Waals surface area contributed by atoms with Crippen LogP contribution in [0.2, 0.25) is 0 Å². The van der Waals surface area contributed by atoms with Crippen molar-refractivity contribution >= 4 is 34.2 Å². The first-order valence-electron chi connectivity index (χ1n) is 5.54. The summed E-state index contributed by atoms with van der Waals surface area (Å²) in [5.41, 5.74) is 1.08. The Balaban J connectivity index is 2.16. The summed E-state index contributed by atoms with van der Waals surface area (Å²) in [6.07, 6.45) is 0. The number of methoxy groups -OCH3 is 1. The third kappa shape index (κ3) is 3.37. The molecular formula is C14H12INO3. The number of aromatic hydroxyl groups is 1. The Morgan fingerprint density at radius 3 is 2.47 bits per heavy atom. The van der Waals surface area contributed by atoms with E-state index >= 15 is 0 Å². The Kier molecular flexibility index (Phi) is 4.26. The van der Waals surface area contributed by atoms with Gasteiger partial charge in [0, 0.05) is 14.8 Å². The quantitative estimate of drug-likeness (QED) is 0.817. The molecule has 0 aliphatic rings. The van der Waals surface area contributed by atoms with Crippen LogP contribution in [0.15, 0.2) is 42.5 Å². The molecule has 4 nitrogen and oxygen atoms in total. The highest BCUT2D eigenvalue weighted by Crippen LogP contribution is 2.26. The van der Waals surface area contributed by atoms with Gasteiger partial charge in [0.05, 0.1) is 7.11 Å². The molecule has 2 aromatic carbocycles. The Morgan fingerprint density at radius 1 is 1.21 bits per heavy atom. The lowest BCUT2D eigenvalue weighted by Crippen LogP contribution is -2.11. The second-order valence-electron chi connectivity index (χ2n) is 3.85. The van der Waals surface area contributed by atoms with Crippen molar-refractivity contribution in [2.75, 3.05) is 12.4 Å². The van der Waals surface area contributed by atoms with Crippen LogP contribution in [-0.2, 0) is 0 Å². The summed E-state index contributed by atoms with van der Waals surface area (Å²) >= 11 is 2.19. The van der Waals surface area contributed by atoms with Gasteiger partial charge >= 0.3 is 0 Å². The van der Waals surface area contributed by atoms with Crippen LogP contribution in [0.1, 0.15) is 10.4 Å². The first-order valence-corrected chi connectivity index (χ1v) is 6.62. The number of phenols is 1. The van der Waals surface area contributed by atoms with E-state index in [2.05, 4.69) is 27.9 Å². The van der Waals surface area contributed by atoms with Crippen LogP contribution < -0.4 is 10.1 Å². The molecule has 98 valence electrons. The Bertz CT molecular complexity index is 596. The van der Waals surface area contributed by atoms with E-state index in [9.17, 15) is 9.90 Å². The van der Waals surface area contributed by atoms with E-state index in [1.54, 1.807) is 12.1 Å². The predicted octanol–water partition coefficient (Wildman–Crippen LogP) is 3.26. The number of carbonyl (C=O) groups excluding carboxylic acids is 1. The normalized spacial score (nSPS) is 10.0. The number of carbonyl (C=O) groups is 1. The topological polar surface area (TPSA) is 58.6 Å². The van der Waals surface area contributed by atoms with Crippen molar-refractivity contribution in [3.63, 3.8) is 0 Å². The van der Waals surface area contributed by atoms with Crippen LogP contribution in [0.25, 0.3) is 0 Å². The average molecular weight is 369 g/mol. The Morgan fingerprint density at radius 2 is 1.89 bits per heavy atom. The summed E-state index contributed by atoms with van der Waals surface area (Å²) in [5, 5.41) is 12.4. The molecule has 0 radical (unpaired) electrons. The van der Waals surface area contributed by atoms with Gasteiger partial charge in [-0.05, 0) is 65.1 Å². The predicted molar refractivity (Wildman–Crippen MR) is 81.8 cm³/mol. The third-order valence-corrected chi connectivity index (χ3v) is 3.26. The summed E-state index contributed by atoms with van der Waals surface area (Å²) < 4.78 is 6.02. The largest absolute Gasteiger partial charge is 0.504 e. The molecule has 2 rings (SSSR count). The van der Waals surface area contributed by atoms with Crippen molar-refractivity contribution in [2.24, 2.45) is 0 Å². The van der Waals surface area contributed by atoms with Gasteiger partial charge in [0.2, 0.25) is 0 Å². The van der Waals surface area contributed by atoms with Crippen molar-refractivity contribution in [2.45, 2.75) is 0 Å². The van der Waals surface area contributed by atoms with Crippen LogP contribution in [-0.4, -0.2) is 18.1 Å². The van der Waals surface area contributed by atoms with Gasteiger partial charge in [0.15, 0.2) is 11.5 Å². The first-order chi connectivity index (χ1) is 9.10. The molecule has 1 amide bonds. The maximum Gasteiger partial charge on any atom is 0.255 e. The number of halogens is 1. The third-order valence-electron chi connectivity index (χ3n) is 2.54.